The fourth-order valence-electron chi connectivity index (χ4n) is 1.93. The van der Waals surface area contributed by atoms with E-state index in [9.17, 15) is 18.0 Å². The average Bonchev–Trinajstić information content (AvgIpc) is 2.50. The largest absolute Gasteiger partial charge is 0.478 e. The Morgan fingerprint density at radius 3 is 1.83 bits per heavy atom. The van der Waals surface area contributed by atoms with Crippen LogP contribution in [0.4, 0.5) is 13.2 Å². The minimum absolute atomic E-state index is 0.250. The summed E-state index contributed by atoms with van der Waals surface area (Å²) >= 11 is 29.4. The third-order valence-corrected chi connectivity index (χ3v) is 5.19. The molecule has 0 aliphatic heterocycles. The molecule has 1 heterocycles. The van der Waals surface area contributed by atoms with Crippen LogP contribution in [0.15, 0.2) is 12.3 Å². The Hall–Kier alpha value is -0.920. The molecule has 1 aromatic carbocycles. The average molecular weight is 439 g/mol. The summed E-state index contributed by atoms with van der Waals surface area (Å²) in [5, 5.41) is 7.24. The second-order valence-electron chi connectivity index (χ2n) is 4.33. The maximum Gasteiger partial charge on any atom is 0.419 e. The number of carbonyl (C=O) groups is 1. The van der Waals surface area contributed by atoms with Gasteiger partial charge in [0.2, 0.25) is 0 Å². The van der Waals surface area contributed by atoms with Gasteiger partial charge in [-0.1, -0.05) is 58.0 Å². The molecule has 0 aliphatic rings. The number of benzene rings is 1. The van der Waals surface area contributed by atoms with E-state index in [1.165, 1.54) is 0 Å². The molecule has 0 amide bonds. The van der Waals surface area contributed by atoms with E-state index in [4.69, 9.17) is 63.1 Å². The lowest BCUT2D eigenvalue weighted by molar-refractivity contribution is -0.137. The van der Waals surface area contributed by atoms with Crippen molar-refractivity contribution in [2.45, 2.75) is 6.18 Å². The van der Waals surface area contributed by atoms with Crippen molar-refractivity contribution in [3.05, 3.63) is 48.5 Å². The van der Waals surface area contributed by atoms with E-state index in [-0.39, 0.29) is 15.1 Å². The molecule has 0 saturated carbocycles. The first-order valence-corrected chi connectivity index (χ1v) is 7.68. The molecule has 2 aromatic rings. The summed E-state index contributed by atoms with van der Waals surface area (Å²) < 4.78 is 40.3. The van der Waals surface area contributed by atoms with Crippen LogP contribution in [0.25, 0.3) is 11.3 Å². The van der Waals surface area contributed by atoms with Crippen LogP contribution in [-0.4, -0.2) is 16.1 Å². The molecule has 0 aliphatic carbocycles. The van der Waals surface area contributed by atoms with Crippen molar-refractivity contribution in [3.8, 4) is 11.3 Å². The third-order valence-electron chi connectivity index (χ3n) is 2.91. The van der Waals surface area contributed by atoms with Crippen LogP contribution >= 0.6 is 58.0 Å². The van der Waals surface area contributed by atoms with Gasteiger partial charge in [-0.05, 0) is 6.07 Å². The smallest absolute Gasteiger partial charge is 0.419 e. The Kier molecular flexibility index (Phi) is 5.47. The highest BCUT2D eigenvalue weighted by Crippen LogP contribution is 2.50. The van der Waals surface area contributed by atoms with Crippen LogP contribution in [0.3, 0.4) is 0 Å². The molecule has 0 radical (unpaired) electrons. The van der Waals surface area contributed by atoms with Gasteiger partial charge in [0.1, 0.15) is 0 Å². The summed E-state index contributed by atoms with van der Waals surface area (Å²) in [5.41, 5.74) is -3.84. The second kappa shape index (κ2) is 6.77. The van der Waals surface area contributed by atoms with Crippen molar-refractivity contribution < 1.29 is 23.1 Å². The lowest BCUT2D eigenvalue weighted by Gasteiger charge is -2.18. The topological polar surface area (TPSA) is 50.2 Å². The first-order chi connectivity index (χ1) is 11.0. The Labute approximate surface area is 157 Å². The highest BCUT2D eigenvalue weighted by molar-refractivity contribution is 6.56. The van der Waals surface area contributed by atoms with Crippen LogP contribution in [0.1, 0.15) is 15.9 Å². The maximum atomic E-state index is 13.4. The molecule has 0 bridgehead atoms. The van der Waals surface area contributed by atoms with Gasteiger partial charge >= 0.3 is 12.1 Å². The first-order valence-electron chi connectivity index (χ1n) is 5.79. The van der Waals surface area contributed by atoms with Crippen LogP contribution in [0, 0.1) is 0 Å². The molecule has 0 unspecified atom stereocenters. The fourth-order valence-corrected chi connectivity index (χ4v) is 3.25. The van der Waals surface area contributed by atoms with Crippen molar-refractivity contribution in [3.63, 3.8) is 0 Å². The van der Waals surface area contributed by atoms with E-state index >= 15 is 0 Å². The van der Waals surface area contributed by atoms with E-state index in [1.54, 1.807) is 0 Å². The van der Waals surface area contributed by atoms with Crippen LogP contribution in [0.2, 0.25) is 25.1 Å². The molecule has 3 nitrogen and oxygen atoms in total. The molecular weight excluding hydrogens is 436 g/mol. The van der Waals surface area contributed by atoms with Crippen molar-refractivity contribution in [2.24, 2.45) is 0 Å². The van der Waals surface area contributed by atoms with Gasteiger partial charge in [0.15, 0.2) is 0 Å². The van der Waals surface area contributed by atoms with E-state index in [2.05, 4.69) is 4.98 Å². The molecule has 128 valence electrons. The summed E-state index contributed by atoms with van der Waals surface area (Å²) in [6.07, 6.45) is -4.18. The number of carboxylic acid groups (broad SMARTS) is 1. The Bertz CT molecular complexity index is 825. The molecule has 1 aromatic heterocycles. The number of pyridine rings is 1. The van der Waals surface area contributed by atoms with Gasteiger partial charge in [0.25, 0.3) is 0 Å². The van der Waals surface area contributed by atoms with E-state index in [0.717, 1.165) is 6.20 Å². The number of hydrogen-bond donors (Lipinski definition) is 1. The Morgan fingerprint density at radius 1 is 0.958 bits per heavy atom. The number of carboxylic acids is 1. The standard InChI is InChI=1S/C13H3Cl5F3NO2/c14-6-4(7(15)9(17)10(18)8(6)16)11-5(13(19,20)21)3(12(23)24)1-2-22-11/h1-2H,(H,23,24). The van der Waals surface area contributed by atoms with Crippen molar-refractivity contribution in [1.82, 2.24) is 4.98 Å². The normalized spacial score (nSPS) is 11.7. The van der Waals surface area contributed by atoms with E-state index < -0.39 is 44.6 Å². The van der Waals surface area contributed by atoms with Crippen LogP contribution < -0.4 is 0 Å². The number of aromatic nitrogens is 1. The fraction of sp³-hybridized carbons (Fsp3) is 0.0769. The van der Waals surface area contributed by atoms with Gasteiger partial charge in [0, 0.05) is 11.8 Å². The molecule has 0 fully saturated rings. The quantitative estimate of drug-likeness (QED) is 0.417. The van der Waals surface area contributed by atoms with Gasteiger partial charge in [-0.3, -0.25) is 4.98 Å². The molecule has 11 heteroatoms. The lowest BCUT2D eigenvalue weighted by Crippen LogP contribution is -2.16. The monoisotopic (exact) mass is 437 g/mol. The van der Waals surface area contributed by atoms with Gasteiger partial charge in [-0.2, -0.15) is 13.2 Å². The van der Waals surface area contributed by atoms with E-state index in [1.807, 2.05) is 0 Å². The molecule has 24 heavy (non-hydrogen) atoms. The minimum Gasteiger partial charge on any atom is -0.478 e. The number of hydrogen-bond acceptors (Lipinski definition) is 2. The zero-order valence-electron chi connectivity index (χ0n) is 11.0. The lowest BCUT2D eigenvalue weighted by atomic mass is 10.00. The molecule has 2 rings (SSSR count). The van der Waals surface area contributed by atoms with Gasteiger partial charge in [-0.15, -0.1) is 0 Å². The second-order valence-corrected chi connectivity index (χ2v) is 6.22. The molecule has 0 spiro atoms. The third kappa shape index (κ3) is 3.26. The predicted molar refractivity (Wildman–Crippen MR) is 86.7 cm³/mol. The molecule has 0 saturated heterocycles. The zero-order valence-corrected chi connectivity index (χ0v) is 14.8. The van der Waals surface area contributed by atoms with Crippen LogP contribution in [0.5, 0.6) is 0 Å². The number of rotatable bonds is 2. The minimum atomic E-state index is -5.05. The summed E-state index contributed by atoms with van der Waals surface area (Å²) in [7, 11) is 0. The van der Waals surface area contributed by atoms with Crippen LogP contribution in [-0.2, 0) is 6.18 Å². The van der Waals surface area contributed by atoms with Gasteiger partial charge in [0.05, 0.1) is 41.9 Å². The number of nitrogens with zero attached hydrogens (tertiary/aromatic N) is 1. The maximum absolute atomic E-state index is 13.4. The Morgan fingerprint density at radius 2 is 1.42 bits per heavy atom. The highest BCUT2D eigenvalue weighted by Gasteiger charge is 2.40. The number of aromatic carboxylic acids is 1. The predicted octanol–water partition coefficient (Wildman–Crippen LogP) is 6.73. The zero-order chi connectivity index (χ0) is 18.4. The Balaban J connectivity index is 3.00. The molecular formula is C13H3Cl5F3NO2. The van der Waals surface area contributed by atoms with Crippen molar-refractivity contribution >= 4 is 64.0 Å². The number of alkyl halides is 3. The summed E-state index contributed by atoms with van der Waals surface area (Å²) in [5.74, 6) is -1.80. The summed E-state index contributed by atoms with van der Waals surface area (Å²) in [4.78, 5) is 14.7. The molecule has 1 N–H and O–H groups in total. The summed E-state index contributed by atoms with van der Waals surface area (Å²) in [6.45, 7) is 0. The summed E-state index contributed by atoms with van der Waals surface area (Å²) in [6, 6.07) is 0.704. The van der Waals surface area contributed by atoms with E-state index in [0.29, 0.717) is 6.07 Å². The number of halogens is 8. The SMILES string of the molecule is O=C(O)c1ccnc(-c2c(Cl)c(Cl)c(Cl)c(Cl)c2Cl)c1C(F)(F)F. The van der Waals surface area contributed by atoms with Gasteiger partial charge in [-0.25, -0.2) is 4.79 Å². The highest BCUT2D eigenvalue weighted by atomic mass is 35.5. The van der Waals surface area contributed by atoms with Gasteiger partial charge < -0.3 is 5.11 Å². The van der Waals surface area contributed by atoms with Crippen molar-refractivity contribution in [2.75, 3.05) is 0 Å². The molecule has 0 atom stereocenters. The van der Waals surface area contributed by atoms with Crippen molar-refractivity contribution in [1.29, 1.82) is 0 Å². The first kappa shape index (κ1) is 19.4.